The molecule has 0 aliphatic rings. The molecule has 0 amide bonds. The van der Waals surface area contributed by atoms with Crippen molar-refractivity contribution in [3.63, 3.8) is 0 Å². The summed E-state index contributed by atoms with van der Waals surface area (Å²) in [5.41, 5.74) is -0.634. The summed E-state index contributed by atoms with van der Waals surface area (Å²) in [6, 6.07) is 2.05. The van der Waals surface area contributed by atoms with Gasteiger partial charge in [0.05, 0.1) is 0 Å². The molecule has 0 spiro atoms. The summed E-state index contributed by atoms with van der Waals surface area (Å²) in [6.07, 6.45) is 3.96. The van der Waals surface area contributed by atoms with Gasteiger partial charge < -0.3 is 4.90 Å². The summed E-state index contributed by atoms with van der Waals surface area (Å²) < 4.78 is 2.27. The fraction of sp³-hybridized carbons (Fsp3) is 0.588. The summed E-state index contributed by atoms with van der Waals surface area (Å²) in [4.78, 5) is 35.2. The lowest BCUT2D eigenvalue weighted by atomic mass is 10.2. The first-order valence-corrected chi connectivity index (χ1v) is 8.59. The van der Waals surface area contributed by atoms with E-state index >= 15 is 0 Å². The van der Waals surface area contributed by atoms with Crippen molar-refractivity contribution in [3.8, 4) is 6.07 Å². The zero-order valence-corrected chi connectivity index (χ0v) is 15.2. The van der Waals surface area contributed by atoms with E-state index in [0.29, 0.717) is 5.82 Å². The summed E-state index contributed by atoms with van der Waals surface area (Å²) >= 11 is 0. The lowest BCUT2D eigenvalue weighted by Crippen LogP contribution is -2.38. The van der Waals surface area contributed by atoms with Gasteiger partial charge in [-0.05, 0) is 12.8 Å². The van der Waals surface area contributed by atoms with Crippen LogP contribution in [-0.2, 0) is 14.1 Å². The van der Waals surface area contributed by atoms with Gasteiger partial charge in [-0.15, -0.1) is 0 Å². The molecule has 0 unspecified atom stereocenters. The Hall–Kier alpha value is -2.69. The van der Waals surface area contributed by atoms with Gasteiger partial charge in [0.2, 0.25) is 0 Å². The smallest absolute Gasteiger partial charge is 0.332 e. The van der Waals surface area contributed by atoms with Gasteiger partial charge in [0.1, 0.15) is 6.07 Å². The van der Waals surface area contributed by atoms with Crippen molar-refractivity contribution in [2.75, 3.05) is 18.0 Å². The maximum absolute atomic E-state index is 12.3. The van der Waals surface area contributed by atoms with E-state index in [4.69, 9.17) is 0 Å². The fourth-order valence-electron chi connectivity index (χ4n) is 2.67. The second-order valence-corrected chi connectivity index (χ2v) is 6.08. The number of hydrogen-bond acceptors (Lipinski definition) is 6. The highest BCUT2D eigenvalue weighted by molar-refractivity contribution is 5.73. The molecule has 8 heteroatoms. The van der Waals surface area contributed by atoms with Crippen LogP contribution in [0.2, 0.25) is 0 Å². The molecule has 2 aromatic rings. The zero-order valence-electron chi connectivity index (χ0n) is 15.2. The minimum atomic E-state index is -0.540. The number of hydrogen-bond donors (Lipinski definition) is 0. The van der Waals surface area contributed by atoms with Gasteiger partial charge >= 0.3 is 5.69 Å². The highest BCUT2D eigenvalue weighted by Crippen LogP contribution is 2.19. The average molecular weight is 344 g/mol. The van der Waals surface area contributed by atoms with Crippen LogP contribution in [0.4, 0.5) is 5.82 Å². The molecule has 2 heterocycles. The van der Waals surface area contributed by atoms with Gasteiger partial charge in [-0.1, -0.05) is 26.7 Å². The first-order valence-electron chi connectivity index (χ1n) is 8.59. The Bertz CT molecular complexity index is 914. The predicted octanol–water partition coefficient (Wildman–Crippen LogP) is 1.31. The second-order valence-electron chi connectivity index (χ2n) is 6.08. The van der Waals surface area contributed by atoms with Crippen molar-refractivity contribution >= 4 is 17.0 Å². The third-order valence-electron chi connectivity index (χ3n) is 4.23. The molecule has 0 aromatic carbocycles. The topological polar surface area (TPSA) is 96.8 Å². The minimum absolute atomic E-state index is 0.0378. The van der Waals surface area contributed by atoms with E-state index in [1.54, 1.807) is 7.05 Å². The van der Waals surface area contributed by atoms with Gasteiger partial charge in [-0.2, -0.15) is 5.26 Å². The molecule has 0 saturated carbocycles. The normalized spacial score (nSPS) is 10.8. The monoisotopic (exact) mass is 344 g/mol. The zero-order chi connectivity index (χ0) is 18.6. The fourth-order valence-corrected chi connectivity index (χ4v) is 2.67. The molecule has 2 rings (SSSR count). The Morgan fingerprint density at radius 1 is 1.04 bits per heavy atom. The molecular weight excluding hydrogens is 320 g/mol. The maximum Gasteiger partial charge on any atom is 0.332 e. The molecule has 0 N–H and O–H groups in total. The number of fused-ring (bicyclic) bond motifs is 1. The van der Waals surface area contributed by atoms with Crippen LogP contribution in [0.3, 0.4) is 0 Å². The first kappa shape index (κ1) is 18.6. The average Bonchev–Trinajstić information content (AvgIpc) is 2.63. The SMILES string of the molecule is CCCCN(CCCC)c1nc2c(nc1C#N)c(=O)n(C)c(=O)n2C. The van der Waals surface area contributed by atoms with Crippen LogP contribution in [0.5, 0.6) is 0 Å². The van der Waals surface area contributed by atoms with Gasteiger partial charge in [0.25, 0.3) is 5.56 Å². The van der Waals surface area contributed by atoms with Gasteiger partial charge in [-0.3, -0.25) is 13.9 Å². The van der Waals surface area contributed by atoms with Crippen molar-refractivity contribution in [2.45, 2.75) is 39.5 Å². The summed E-state index contributed by atoms with van der Waals surface area (Å²) in [7, 11) is 2.94. The van der Waals surface area contributed by atoms with Crippen molar-refractivity contribution in [2.24, 2.45) is 14.1 Å². The molecule has 0 fully saturated rings. The molecule has 2 aromatic heterocycles. The minimum Gasteiger partial charge on any atom is -0.354 e. The molecule has 134 valence electrons. The van der Waals surface area contributed by atoms with Crippen LogP contribution in [0.25, 0.3) is 11.2 Å². The Balaban J connectivity index is 2.72. The Labute approximate surface area is 146 Å². The van der Waals surface area contributed by atoms with Gasteiger partial charge in [-0.25, -0.2) is 14.8 Å². The molecule has 0 bridgehead atoms. The van der Waals surface area contributed by atoms with Crippen molar-refractivity contribution in [1.29, 1.82) is 5.26 Å². The van der Waals surface area contributed by atoms with Crippen molar-refractivity contribution < 1.29 is 0 Å². The molecule has 0 atom stereocenters. The highest BCUT2D eigenvalue weighted by atomic mass is 16.2. The third kappa shape index (κ3) is 3.55. The van der Waals surface area contributed by atoms with Crippen LogP contribution in [0.1, 0.15) is 45.2 Å². The van der Waals surface area contributed by atoms with E-state index in [9.17, 15) is 14.9 Å². The second kappa shape index (κ2) is 7.92. The van der Waals surface area contributed by atoms with Crippen molar-refractivity contribution in [1.82, 2.24) is 19.1 Å². The van der Waals surface area contributed by atoms with Gasteiger partial charge in [0, 0.05) is 27.2 Å². The highest BCUT2D eigenvalue weighted by Gasteiger charge is 2.19. The Kier molecular flexibility index (Phi) is 5.91. The first-order chi connectivity index (χ1) is 12.0. The number of aromatic nitrogens is 4. The molecule has 0 aliphatic carbocycles. The van der Waals surface area contributed by atoms with Crippen LogP contribution in [-0.4, -0.2) is 32.2 Å². The molecule has 8 nitrogen and oxygen atoms in total. The largest absolute Gasteiger partial charge is 0.354 e. The Morgan fingerprint density at radius 2 is 1.64 bits per heavy atom. The van der Waals surface area contributed by atoms with E-state index in [-0.39, 0.29) is 16.9 Å². The molecular formula is C17H24N6O2. The van der Waals surface area contributed by atoms with E-state index in [2.05, 4.69) is 29.9 Å². The molecule has 0 aliphatic heterocycles. The number of unbranched alkanes of at least 4 members (excludes halogenated alkanes) is 2. The number of rotatable bonds is 7. The summed E-state index contributed by atoms with van der Waals surface area (Å²) in [6.45, 7) is 5.71. The number of nitrogens with zero attached hydrogens (tertiary/aromatic N) is 6. The van der Waals surface area contributed by atoms with E-state index in [1.807, 2.05) is 4.90 Å². The lowest BCUT2D eigenvalue weighted by Gasteiger charge is -2.24. The number of anilines is 1. The van der Waals surface area contributed by atoms with Crippen LogP contribution in [0.15, 0.2) is 9.59 Å². The summed E-state index contributed by atoms with van der Waals surface area (Å²) in [5.74, 6) is 0.445. The lowest BCUT2D eigenvalue weighted by molar-refractivity contribution is 0.665. The Morgan fingerprint density at radius 3 is 2.16 bits per heavy atom. The molecule has 0 radical (unpaired) electrons. The summed E-state index contributed by atoms with van der Waals surface area (Å²) in [5, 5.41) is 9.51. The predicted molar refractivity (Wildman–Crippen MR) is 96.8 cm³/mol. The number of aryl methyl sites for hydroxylation is 1. The van der Waals surface area contributed by atoms with E-state index in [1.165, 1.54) is 11.6 Å². The third-order valence-corrected chi connectivity index (χ3v) is 4.23. The maximum atomic E-state index is 12.3. The van der Waals surface area contributed by atoms with E-state index < -0.39 is 11.2 Å². The van der Waals surface area contributed by atoms with Crippen LogP contribution in [0, 0.1) is 11.3 Å². The van der Waals surface area contributed by atoms with Crippen molar-refractivity contribution in [3.05, 3.63) is 26.5 Å². The van der Waals surface area contributed by atoms with Crippen LogP contribution < -0.4 is 16.1 Å². The number of nitriles is 1. The quantitative estimate of drug-likeness (QED) is 0.751. The molecule has 25 heavy (non-hydrogen) atoms. The van der Waals surface area contributed by atoms with Gasteiger partial charge in [0.15, 0.2) is 22.7 Å². The van der Waals surface area contributed by atoms with Crippen LogP contribution >= 0.6 is 0 Å². The molecule has 0 saturated heterocycles. The van der Waals surface area contributed by atoms with E-state index in [0.717, 1.165) is 43.3 Å². The standard InChI is InChI=1S/C17H24N6O2/c1-5-7-9-23(10-8-6-2)14-12(11-18)19-13-15(20-14)21(3)17(25)22(4)16(13)24/h5-10H2,1-4H3.